The van der Waals surface area contributed by atoms with E-state index in [1.165, 1.54) is 6.07 Å². The minimum Gasteiger partial charge on any atom is -0.349 e. The zero-order chi connectivity index (χ0) is 18.5. The van der Waals surface area contributed by atoms with E-state index in [0.29, 0.717) is 23.3 Å². The normalized spacial score (nSPS) is 13.7. The number of amides is 1. The van der Waals surface area contributed by atoms with E-state index in [4.69, 9.17) is 0 Å². The van der Waals surface area contributed by atoms with Crippen molar-refractivity contribution in [2.24, 2.45) is 0 Å². The van der Waals surface area contributed by atoms with Gasteiger partial charge < -0.3 is 15.1 Å². The van der Waals surface area contributed by atoms with Gasteiger partial charge in [0.1, 0.15) is 5.82 Å². The highest BCUT2D eigenvalue weighted by molar-refractivity contribution is 5.78. The molecule has 0 spiro atoms. The molecule has 1 aliphatic rings. The molecule has 1 fully saturated rings. The maximum absolute atomic E-state index is 13.7. The Bertz CT molecular complexity index is 776. The van der Waals surface area contributed by atoms with E-state index in [9.17, 15) is 9.18 Å². The van der Waals surface area contributed by atoms with Gasteiger partial charge in [-0.3, -0.25) is 4.79 Å². The highest BCUT2D eigenvalue weighted by atomic mass is 19.1. The fourth-order valence-corrected chi connectivity index (χ4v) is 2.79. The van der Waals surface area contributed by atoms with Gasteiger partial charge in [-0.1, -0.05) is 18.2 Å². The lowest BCUT2D eigenvalue weighted by Gasteiger charge is -2.19. The number of carbonyl (C=O) groups is 1. The molecular weight excluding hydrogens is 335 g/mol. The summed E-state index contributed by atoms with van der Waals surface area (Å²) < 4.78 is 13.7. The molecule has 3 rings (SSSR count). The summed E-state index contributed by atoms with van der Waals surface area (Å²) in [4.78, 5) is 29.4. The summed E-state index contributed by atoms with van der Waals surface area (Å²) in [6.45, 7) is 2.03. The quantitative estimate of drug-likeness (QED) is 0.844. The number of nitrogens with one attached hydrogen (secondary N) is 1. The summed E-state index contributed by atoms with van der Waals surface area (Å²) in [7, 11) is 3.73. The molecule has 1 amide bonds. The van der Waals surface area contributed by atoms with Gasteiger partial charge in [-0.25, -0.2) is 4.39 Å². The average Bonchev–Trinajstić information content (AvgIpc) is 3.16. The third kappa shape index (κ3) is 4.44. The molecule has 0 atom stereocenters. The van der Waals surface area contributed by atoms with Gasteiger partial charge in [0.2, 0.25) is 17.8 Å². The SMILES string of the molecule is CN(C)c1nc(CNC(=O)Cc2ccccc2F)nc(N2CCCC2)n1. The Kier molecular flexibility index (Phi) is 5.60. The molecule has 0 saturated carbocycles. The van der Waals surface area contributed by atoms with Crippen LogP contribution in [0.4, 0.5) is 16.3 Å². The molecule has 0 bridgehead atoms. The van der Waals surface area contributed by atoms with Gasteiger partial charge in [0.25, 0.3) is 0 Å². The van der Waals surface area contributed by atoms with Gasteiger partial charge in [0.15, 0.2) is 5.82 Å². The van der Waals surface area contributed by atoms with Crippen molar-refractivity contribution >= 4 is 17.8 Å². The Balaban J connectivity index is 1.68. The Hall–Kier alpha value is -2.77. The molecule has 0 aliphatic carbocycles. The van der Waals surface area contributed by atoms with E-state index >= 15 is 0 Å². The highest BCUT2D eigenvalue weighted by Crippen LogP contribution is 2.18. The van der Waals surface area contributed by atoms with Crippen LogP contribution in [0.2, 0.25) is 0 Å². The third-order valence-corrected chi connectivity index (χ3v) is 4.20. The third-order valence-electron chi connectivity index (χ3n) is 4.20. The number of halogens is 1. The second-order valence-corrected chi connectivity index (χ2v) is 6.49. The molecule has 1 aromatic carbocycles. The van der Waals surface area contributed by atoms with Crippen LogP contribution in [0.5, 0.6) is 0 Å². The van der Waals surface area contributed by atoms with E-state index in [1.54, 1.807) is 18.2 Å². The van der Waals surface area contributed by atoms with Gasteiger partial charge in [0.05, 0.1) is 13.0 Å². The predicted octanol–water partition coefficient (Wildman–Crippen LogP) is 1.54. The first-order chi connectivity index (χ1) is 12.5. The molecule has 1 saturated heterocycles. The molecule has 138 valence electrons. The molecule has 2 heterocycles. The summed E-state index contributed by atoms with van der Waals surface area (Å²) >= 11 is 0. The molecule has 1 aliphatic heterocycles. The van der Waals surface area contributed by atoms with Crippen molar-refractivity contribution < 1.29 is 9.18 Å². The Morgan fingerprint density at radius 1 is 1.19 bits per heavy atom. The molecule has 26 heavy (non-hydrogen) atoms. The van der Waals surface area contributed by atoms with E-state index in [-0.39, 0.29) is 24.7 Å². The van der Waals surface area contributed by atoms with Crippen LogP contribution in [0.3, 0.4) is 0 Å². The first-order valence-electron chi connectivity index (χ1n) is 8.70. The average molecular weight is 358 g/mol. The van der Waals surface area contributed by atoms with Crippen LogP contribution in [0, 0.1) is 5.82 Å². The maximum Gasteiger partial charge on any atom is 0.230 e. The van der Waals surface area contributed by atoms with Crippen LogP contribution in [0.1, 0.15) is 24.2 Å². The number of nitrogens with zero attached hydrogens (tertiary/aromatic N) is 5. The van der Waals surface area contributed by atoms with Crippen molar-refractivity contribution in [3.63, 3.8) is 0 Å². The second-order valence-electron chi connectivity index (χ2n) is 6.49. The summed E-state index contributed by atoms with van der Waals surface area (Å²) in [5.74, 6) is 1.03. The van der Waals surface area contributed by atoms with E-state index in [2.05, 4.69) is 25.2 Å². The van der Waals surface area contributed by atoms with Crippen LogP contribution < -0.4 is 15.1 Å². The number of carbonyl (C=O) groups excluding carboxylic acids is 1. The number of hydrogen-bond acceptors (Lipinski definition) is 6. The van der Waals surface area contributed by atoms with Gasteiger partial charge in [-0.05, 0) is 24.5 Å². The first kappa shape index (κ1) is 18.0. The molecule has 1 N–H and O–H groups in total. The second kappa shape index (κ2) is 8.07. The molecule has 7 nitrogen and oxygen atoms in total. The van der Waals surface area contributed by atoms with Crippen molar-refractivity contribution in [1.82, 2.24) is 20.3 Å². The van der Waals surface area contributed by atoms with E-state index in [0.717, 1.165) is 25.9 Å². The lowest BCUT2D eigenvalue weighted by molar-refractivity contribution is -0.120. The molecule has 1 aromatic heterocycles. The largest absolute Gasteiger partial charge is 0.349 e. The molecule has 2 aromatic rings. The summed E-state index contributed by atoms with van der Waals surface area (Å²) in [6, 6.07) is 6.27. The van der Waals surface area contributed by atoms with Crippen molar-refractivity contribution in [3.05, 3.63) is 41.5 Å². The molecule has 0 radical (unpaired) electrons. The van der Waals surface area contributed by atoms with Gasteiger partial charge in [-0.15, -0.1) is 0 Å². The van der Waals surface area contributed by atoms with Crippen LogP contribution in [-0.4, -0.2) is 48.0 Å². The maximum atomic E-state index is 13.7. The smallest absolute Gasteiger partial charge is 0.230 e. The van der Waals surface area contributed by atoms with Crippen molar-refractivity contribution in [3.8, 4) is 0 Å². The molecular formula is C18H23FN6O. The van der Waals surface area contributed by atoms with Gasteiger partial charge in [0, 0.05) is 27.2 Å². The number of hydrogen-bond donors (Lipinski definition) is 1. The first-order valence-corrected chi connectivity index (χ1v) is 8.70. The lowest BCUT2D eigenvalue weighted by atomic mass is 10.1. The van der Waals surface area contributed by atoms with Crippen LogP contribution in [0.15, 0.2) is 24.3 Å². The van der Waals surface area contributed by atoms with Crippen LogP contribution in [0.25, 0.3) is 0 Å². The number of benzene rings is 1. The van der Waals surface area contributed by atoms with E-state index < -0.39 is 0 Å². The molecule has 8 heteroatoms. The zero-order valence-electron chi connectivity index (χ0n) is 15.1. The Morgan fingerprint density at radius 3 is 2.62 bits per heavy atom. The van der Waals surface area contributed by atoms with Gasteiger partial charge in [-0.2, -0.15) is 15.0 Å². The summed E-state index contributed by atoms with van der Waals surface area (Å²) in [5, 5.41) is 2.76. The van der Waals surface area contributed by atoms with Crippen molar-refractivity contribution in [1.29, 1.82) is 0 Å². The van der Waals surface area contributed by atoms with Crippen molar-refractivity contribution in [2.45, 2.75) is 25.8 Å². The highest BCUT2D eigenvalue weighted by Gasteiger charge is 2.18. The number of anilines is 2. The van der Waals surface area contributed by atoms with Gasteiger partial charge >= 0.3 is 0 Å². The van der Waals surface area contributed by atoms with Crippen molar-refractivity contribution in [2.75, 3.05) is 37.0 Å². The van der Waals surface area contributed by atoms with Crippen LogP contribution in [-0.2, 0) is 17.8 Å². The monoisotopic (exact) mass is 358 g/mol. The Labute approximate surface area is 152 Å². The fraction of sp³-hybridized carbons (Fsp3) is 0.444. The number of aromatic nitrogens is 3. The predicted molar refractivity (Wildman–Crippen MR) is 97.6 cm³/mol. The topological polar surface area (TPSA) is 74.2 Å². The summed E-state index contributed by atoms with van der Waals surface area (Å²) in [5.41, 5.74) is 0.368. The molecule has 0 unspecified atom stereocenters. The number of rotatable bonds is 6. The zero-order valence-corrected chi connectivity index (χ0v) is 15.1. The summed E-state index contributed by atoms with van der Waals surface area (Å²) in [6.07, 6.45) is 2.23. The van der Waals surface area contributed by atoms with Crippen LogP contribution >= 0.6 is 0 Å². The minimum absolute atomic E-state index is 0.0166. The lowest BCUT2D eigenvalue weighted by Crippen LogP contribution is -2.28. The minimum atomic E-state index is -0.381. The van der Waals surface area contributed by atoms with E-state index in [1.807, 2.05) is 19.0 Å². The fourth-order valence-electron chi connectivity index (χ4n) is 2.79. The standard InChI is InChI=1S/C18H23FN6O/c1-24(2)17-21-15(22-18(23-17)25-9-5-6-10-25)12-20-16(26)11-13-7-3-4-8-14(13)19/h3-4,7-8H,5-6,9-12H2,1-2H3,(H,20,26). The Morgan fingerprint density at radius 2 is 1.92 bits per heavy atom.